The second kappa shape index (κ2) is 6.66. The zero-order valence-electron chi connectivity index (χ0n) is 14.5. The molecular weight excluding hydrogens is 318 g/mol. The summed E-state index contributed by atoms with van der Waals surface area (Å²) in [6, 6.07) is 5.54. The number of hydrogen-bond donors (Lipinski definition) is 1. The quantitative estimate of drug-likeness (QED) is 0.776. The molecule has 7 nitrogen and oxygen atoms in total. The molecule has 134 valence electrons. The average molecular weight is 343 g/mol. The van der Waals surface area contributed by atoms with Gasteiger partial charge in [-0.25, -0.2) is 14.5 Å². The number of imidazole rings is 1. The van der Waals surface area contributed by atoms with Gasteiger partial charge in [-0.2, -0.15) is 0 Å². The number of fused-ring (bicyclic) bond motifs is 1. The maximum absolute atomic E-state index is 12.3. The number of anilines is 1. The Morgan fingerprint density at radius 2 is 1.96 bits per heavy atom. The van der Waals surface area contributed by atoms with Gasteiger partial charge < -0.3 is 4.52 Å². The predicted octanol–water partition coefficient (Wildman–Crippen LogP) is 4.04. The lowest BCUT2D eigenvalue weighted by atomic mass is 9.92. The highest BCUT2D eigenvalue weighted by Gasteiger charge is 2.21. The fraction of sp³-hybridized carbons (Fsp3) is 0.444. The first-order chi connectivity index (χ1) is 11.2. The SMILES string of the molecule is C.Cc1ccc2nc(NC(=O)CC(C)(C)C)n(-c3cc(C)on3)c2n1. The van der Waals surface area contributed by atoms with E-state index in [0.29, 0.717) is 35.1 Å². The van der Waals surface area contributed by atoms with Crippen LogP contribution in [-0.4, -0.2) is 25.6 Å². The Labute approximate surface area is 147 Å². The zero-order chi connectivity index (χ0) is 17.5. The lowest BCUT2D eigenvalue weighted by Crippen LogP contribution is -2.21. The molecule has 0 spiro atoms. The summed E-state index contributed by atoms with van der Waals surface area (Å²) in [5.74, 6) is 1.51. The summed E-state index contributed by atoms with van der Waals surface area (Å²) in [7, 11) is 0. The molecule has 0 saturated heterocycles. The number of carbonyl (C=O) groups is 1. The molecular formula is C18H25N5O2. The van der Waals surface area contributed by atoms with Gasteiger partial charge in [0.1, 0.15) is 11.3 Å². The third-order valence-corrected chi connectivity index (χ3v) is 3.43. The van der Waals surface area contributed by atoms with Crippen molar-refractivity contribution in [2.75, 3.05) is 5.32 Å². The van der Waals surface area contributed by atoms with Crippen LogP contribution in [-0.2, 0) is 4.79 Å². The molecule has 0 saturated carbocycles. The van der Waals surface area contributed by atoms with Crippen LogP contribution in [0.1, 0.15) is 46.1 Å². The molecule has 3 aromatic heterocycles. The van der Waals surface area contributed by atoms with Crippen molar-refractivity contribution in [3.05, 3.63) is 29.7 Å². The number of nitrogens with one attached hydrogen (secondary N) is 1. The third-order valence-electron chi connectivity index (χ3n) is 3.43. The normalized spacial score (nSPS) is 11.4. The smallest absolute Gasteiger partial charge is 0.227 e. The van der Waals surface area contributed by atoms with Crippen LogP contribution in [0.5, 0.6) is 0 Å². The van der Waals surface area contributed by atoms with Gasteiger partial charge in [-0.1, -0.05) is 33.4 Å². The predicted molar refractivity (Wildman–Crippen MR) is 97.8 cm³/mol. The summed E-state index contributed by atoms with van der Waals surface area (Å²) in [5.41, 5.74) is 2.07. The number of pyridine rings is 1. The van der Waals surface area contributed by atoms with E-state index in [0.717, 1.165) is 5.69 Å². The van der Waals surface area contributed by atoms with Gasteiger partial charge in [-0.15, -0.1) is 0 Å². The molecule has 1 N–H and O–H groups in total. The molecule has 25 heavy (non-hydrogen) atoms. The summed E-state index contributed by atoms with van der Waals surface area (Å²) in [6.07, 6.45) is 0.389. The molecule has 3 rings (SSSR count). The highest BCUT2D eigenvalue weighted by Crippen LogP contribution is 2.25. The monoisotopic (exact) mass is 343 g/mol. The van der Waals surface area contributed by atoms with Gasteiger partial charge in [0.05, 0.1) is 0 Å². The van der Waals surface area contributed by atoms with Crippen molar-refractivity contribution in [2.45, 2.75) is 48.5 Å². The van der Waals surface area contributed by atoms with E-state index in [1.165, 1.54) is 0 Å². The largest absolute Gasteiger partial charge is 0.360 e. The van der Waals surface area contributed by atoms with E-state index in [1.54, 1.807) is 10.6 Å². The van der Waals surface area contributed by atoms with Gasteiger partial charge in [0.25, 0.3) is 0 Å². The van der Waals surface area contributed by atoms with Crippen LogP contribution in [0.2, 0.25) is 0 Å². The fourth-order valence-electron chi connectivity index (χ4n) is 2.46. The minimum Gasteiger partial charge on any atom is -0.360 e. The van der Waals surface area contributed by atoms with Crippen LogP contribution in [0.15, 0.2) is 22.7 Å². The molecule has 3 aromatic rings. The lowest BCUT2D eigenvalue weighted by molar-refractivity contribution is -0.117. The van der Waals surface area contributed by atoms with Crippen LogP contribution < -0.4 is 5.32 Å². The van der Waals surface area contributed by atoms with Gasteiger partial charge in [0.2, 0.25) is 11.9 Å². The van der Waals surface area contributed by atoms with Gasteiger partial charge in [0, 0.05) is 18.2 Å². The maximum atomic E-state index is 12.3. The molecule has 0 aromatic carbocycles. The fourth-order valence-corrected chi connectivity index (χ4v) is 2.46. The van der Waals surface area contributed by atoms with E-state index in [2.05, 4.69) is 20.4 Å². The highest BCUT2D eigenvalue weighted by atomic mass is 16.5. The van der Waals surface area contributed by atoms with E-state index in [9.17, 15) is 4.79 Å². The zero-order valence-corrected chi connectivity index (χ0v) is 14.5. The molecule has 0 aliphatic rings. The van der Waals surface area contributed by atoms with E-state index in [-0.39, 0.29) is 18.7 Å². The van der Waals surface area contributed by atoms with Gasteiger partial charge >= 0.3 is 0 Å². The molecule has 0 aliphatic carbocycles. The Hall–Kier alpha value is -2.70. The summed E-state index contributed by atoms with van der Waals surface area (Å²) in [5, 5.41) is 6.91. The Bertz CT molecular complexity index is 902. The van der Waals surface area contributed by atoms with Gasteiger partial charge in [0.15, 0.2) is 11.5 Å². The van der Waals surface area contributed by atoms with E-state index < -0.39 is 0 Å². The molecule has 0 bridgehead atoms. The second-order valence-electron chi connectivity index (χ2n) is 7.15. The number of aromatic nitrogens is 4. The maximum Gasteiger partial charge on any atom is 0.227 e. The minimum absolute atomic E-state index is 0. The first-order valence-electron chi connectivity index (χ1n) is 7.82. The standard InChI is InChI=1S/C17H21N5O2.CH4/c1-10-6-7-12-15(18-10)22(13-8-11(2)24-21-13)16(19-12)20-14(23)9-17(3,4)5;/h6-8H,9H2,1-5H3,(H,19,20,23);1H4. The number of rotatable bonds is 3. The van der Waals surface area contributed by atoms with Crippen molar-refractivity contribution in [3.63, 3.8) is 0 Å². The molecule has 0 radical (unpaired) electrons. The van der Waals surface area contributed by atoms with Gasteiger partial charge in [-0.05, 0) is 31.4 Å². The molecule has 0 fully saturated rings. The molecule has 1 amide bonds. The van der Waals surface area contributed by atoms with Crippen molar-refractivity contribution < 1.29 is 9.32 Å². The number of amides is 1. The van der Waals surface area contributed by atoms with E-state index in [1.807, 2.05) is 46.8 Å². The van der Waals surface area contributed by atoms with Crippen molar-refractivity contribution >= 4 is 23.0 Å². The Morgan fingerprint density at radius 3 is 2.56 bits per heavy atom. The van der Waals surface area contributed by atoms with Crippen LogP contribution in [0.3, 0.4) is 0 Å². The highest BCUT2D eigenvalue weighted by molar-refractivity contribution is 5.92. The summed E-state index contributed by atoms with van der Waals surface area (Å²) < 4.78 is 6.88. The molecule has 0 atom stereocenters. The van der Waals surface area contributed by atoms with Crippen LogP contribution in [0, 0.1) is 19.3 Å². The molecule has 3 heterocycles. The first-order valence-corrected chi connectivity index (χ1v) is 7.82. The van der Waals surface area contributed by atoms with Crippen LogP contribution >= 0.6 is 0 Å². The first kappa shape index (κ1) is 18.6. The van der Waals surface area contributed by atoms with Crippen molar-refractivity contribution in [1.29, 1.82) is 0 Å². The van der Waals surface area contributed by atoms with Crippen LogP contribution in [0.25, 0.3) is 17.0 Å². The topological polar surface area (TPSA) is 85.8 Å². The summed E-state index contributed by atoms with van der Waals surface area (Å²) in [6.45, 7) is 9.76. The minimum atomic E-state index is -0.111. The lowest BCUT2D eigenvalue weighted by Gasteiger charge is -2.17. The van der Waals surface area contributed by atoms with E-state index in [4.69, 9.17) is 4.52 Å². The van der Waals surface area contributed by atoms with Crippen LogP contribution in [0.4, 0.5) is 5.95 Å². The average Bonchev–Trinajstić information content (AvgIpc) is 2.99. The number of aryl methyl sites for hydroxylation is 2. The molecule has 0 aliphatic heterocycles. The van der Waals surface area contributed by atoms with Crippen molar-refractivity contribution in [3.8, 4) is 5.82 Å². The Kier molecular flexibility index (Phi) is 4.97. The Balaban J connectivity index is 0.00000225. The van der Waals surface area contributed by atoms with Crippen molar-refractivity contribution in [2.24, 2.45) is 5.41 Å². The summed E-state index contributed by atoms with van der Waals surface area (Å²) >= 11 is 0. The number of carbonyl (C=O) groups excluding carboxylic acids is 1. The number of nitrogens with zero attached hydrogens (tertiary/aromatic N) is 4. The van der Waals surface area contributed by atoms with Gasteiger partial charge in [-0.3, -0.25) is 10.1 Å². The van der Waals surface area contributed by atoms with E-state index >= 15 is 0 Å². The van der Waals surface area contributed by atoms with Crippen molar-refractivity contribution in [1.82, 2.24) is 19.7 Å². The molecule has 0 unspecified atom stereocenters. The Morgan fingerprint density at radius 1 is 1.24 bits per heavy atom. The number of hydrogen-bond acceptors (Lipinski definition) is 5. The third kappa shape index (κ3) is 4.04. The summed E-state index contributed by atoms with van der Waals surface area (Å²) in [4.78, 5) is 21.4. The molecule has 7 heteroatoms. The second-order valence-corrected chi connectivity index (χ2v) is 7.15.